The molecule has 0 spiro atoms. The maximum atomic E-state index is 11.9. The monoisotopic (exact) mass is 250 g/mol. The molecule has 1 fully saturated rings. The number of aryl methyl sites for hydroxylation is 1. The van der Waals surface area contributed by atoms with Crippen molar-refractivity contribution in [1.82, 2.24) is 20.0 Å². The molecule has 0 aromatic carbocycles. The standard InChI is InChI=1S/C12H18N4O2/c1-9-7-11(17)13-8-12(18)16(9)6-4-10-3-5-14-15(10)2/h3,5,9H,4,6-8H2,1-2H3,(H,13,17). The van der Waals surface area contributed by atoms with E-state index in [0.29, 0.717) is 13.0 Å². The van der Waals surface area contributed by atoms with Crippen molar-refractivity contribution in [2.24, 2.45) is 7.05 Å². The second kappa shape index (κ2) is 5.20. The van der Waals surface area contributed by atoms with Crippen LogP contribution in [0, 0.1) is 0 Å². The molecule has 6 nitrogen and oxygen atoms in total. The molecule has 2 rings (SSSR count). The first-order valence-corrected chi connectivity index (χ1v) is 6.11. The van der Waals surface area contributed by atoms with Crippen LogP contribution in [0.5, 0.6) is 0 Å². The third-order valence-corrected chi connectivity index (χ3v) is 3.30. The summed E-state index contributed by atoms with van der Waals surface area (Å²) in [5.74, 6) is -0.0746. The number of rotatable bonds is 3. The van der Waals surface area contributed by atoms with Crippen molar-refractivity contribution in [3.05, 3.63) is 18.0 Å². The smallest absolute Gasteiger partial charge is 0.242 e. The van der Waals surface area contributed by atoms with Gasteiger partial charge in [-0.05, 0) is 13.0 Å². The van der Waals surface area contributed by atoms with Gasteiger partial charge in [-0.3, -0.25) is 14.3 Å². The summed E-state index contributed by atoms with van der Waals surface area (Å²) in [6.07, 6.45) is 2.87. The SMILES string of the molecule is CC1CC(=O)NCC(=O)N1CCc1ccnn1C. The average molecular weight is 250 g/mol. The first-order valence-electron chi connectivity index (χ1n) is 6.11. The van der Waals surface area contributed by atoms with Crippen LogP contribution in [0.4, 0.5) is 0 Å². The zero-order chi connectivity index (χ0) is 13.1. The number of nitrogens with zero attached hydrogens (tertiary/aromatic N) is 3. The van der Waals surface area contributed by atoms with Crippen molar-refractivity contribution in [2.45, 2.75) is 25.8 Å². The molecule has 0 saturated carbocycles. The van der Waals surface area contributed by atoms with Crippen LogP contribution in [0.3, 0.4) is 0 Å². The minimum Gasteiger partial charge on any atom is -0.347 e. The highest BCUT2D eigenvalue weighted by Crippen LogP contribution is 2.09. The average Bonchev–Trinajstić information content (AvgIpc) is 2.67. The fourth-order valence-corrected chi connectivity index (χ4v) is 2.20. The number of carbonyl (C=O) groups is 2. The van der Waals surface area contributed by atoms with Gasteiger partial charge in [0.05, 0.1) is 6.54 Å². The van der Waals surface area contributed by atoms with E-state index in [0.717, 1.165) is 12.1 Å². The van der Waals surface area contributed by atoms with E-state index in [2.05, 4.69) is 10.4 Å². The molecule has 98 valence electrons. The Morgan fingerprint density at radius 1 is 1.50 bits per heavy atom. The molecular formula is C12H18N4O2. The molecular weight excluding hydrogens is 232 g/mol. The van der Waals surface area contributed by atoms with Crippen molar-refractivity contribution in [3.8, 4) is 0 Å². The van der Waals surface area contributed by atoms with Gasteiger partial charge in [-0.2, -0.15) is 5.10 Å². The van der Waals surface area contributed by atoms with E-state index in [4.69, 9.17) is 0 Å². The van der Waals surface area contributed by atoms with E-state index in [9.17, 15) is 9.59 Å². The Morgan fingerprint density at radius 2 is 2.28 bits per heavy atom. The van der Waals surface area contributed by atoms with E-state index >= 15 is 0 Å². The van der Waals surface area contributed by atoms with Gasteiger partial charge in [-0.1, -0.05) is 0 Å². The molecule has 0 aliphatic carbocycles. The largest absolute Gasteiger partial charge is 0.347 e. The van der Waals surface area contributed by atoms with Gasteiger partial charge in [0.1, 0.15) is 0 Å². The van der Waals surface area contributed by atoms with Crippen LogP contribution in [0.1, 0.15) is 19.0 Å². The van der Waals surface area contributed by atoms with Gasteiger partial charge in [0, 0.05) is 44.4 Å². The summed E-state index contributed by atoms with van der Waals surface area (Å²) in [5, 5.41) is 6.71. The minimum atomic E-state index is -0.0566. The van der Waals surface area contributed by atoms with Crippen LogP contribution in [-0.2, 0) is 23.1 Å². The lowest BCUT2D eigenvalue weighted by atomic mass is 10.2. The lowest BCUT2D eigenvalue weighted by Crippen LogP contribution is -2.41. The van der Waals surface area contributed by atoms with Gasteiger partial charge in [-0.15, -0.1) is 0 Å². The Morgan fingerprint density at radius 3 is 2.94 bits per heavy atom. The van der Waals surface area contributed by atoms with Crippen molar-refractivity contribution in [1.29, 1.82) is 0 Å². The molecule has 1 aliphatic heterocycles. The minimum absolute atomic E-state index is 0.0180. The molecule has 18 heavy (non-hydrogen) atoms. The third kappa shape index (κ3) is 2.69. The number of hydrogen-bond donors (Lipinski definition) is 1. The summed E-state index contributed by atoms with van der Waals surface area (Å²) in [5.41, 5.74) is 1.08. The van der Waals surface area contributed by atoms with E-state index in [1.807, 2.05) is 20.0 Å². The molecule has 1 aromatic rings. The zero-order valence-electron chi connectivity index (χ0n) is 10.7. The Balaban J connectivity index is 2.00. The van der Waals surface area contributed by atoms with Gasteiger partial charge in [-0.25, -0.2) is 0 Å². The van der Waals surface area contributed by atoms with Crippen LogP contribution in [0.25, 0.3) is 0 Å². The molecule has 0 radical (unpaired) electrons. The number of hydrogen-bond acceptors (Lipinski definition) is 3. The molecule has 2 heterocycles. The summed E-state index contributed by atoms with van der Waals surface area (Å²) >= 11 is 0. The van der Waals surface area contributed by atoms with Crippen LogP contribution in [-0.4, -0.2) is 45.6 Å². The summed E-state index contributed by atoms with van der Waals surface area (Å²) < 4.78 is 1.80. The summed E-state index contributed by atoms with van der Waals surface area (Å²) in [6, 6.07) is 1.89. The molecule has 1 N–H and O–H groups in total. The molecule has 1 atom stereocenters. The predicted molar refractivity (Wildman–Crippen MR) is 65.7 cm³/mol. The Kier molecular flexibility index (Phi) is 3.64. The fourth-order valence-electron chi connectivity index (χ4n) is 2.20. The number of aromatic nitrogens is 2. The van der Waals surface area contributed by atoms with Crippen molar-refractivity contribution >= 4 is 11.8 Å². The second-order valence-electron chi connectivity index (χ2n) is 4.61. The van der Waals surface area contributed by atoms with E-state index in [1.54, 1.807) is 15.8 Å². The first-order chi connectivity index (χ1) is 8.58. The van der Waals surface area contributed by atoms with Gasteiger partial charge in [0.2, 0.25) is 11.8 Å². The van der Waals surface area contributed by atoms with Gasteiger partial charge >= 0.3 is 0 Å². The highest BCUT2D eigenvalue weighted by Gasteiger charge is 2.26. The summed E-state index contributed by atoms with van der Waals surface area (Å²) in [6.45, 7) is 2.63. The lowest BCUT2D eigenvalue weighted by Gasteiger charge is -2.26. The predicted octanol–water partition coefficient (Wildman–Crippen LogP) is -0.300. The molecule has 1 saturated heterocycles. The molecule has 0 bridgehead atoms. The van der Waals surface area contributed by atoms with Gasteiger partial charge in [0.15, 0.2) is 0 Å². The summed E-state index contributed by atoms with van der Waals surface area (Å²) in [4.78, 5) is 25.0. The topological polar surface area (TPSA) is 67.2 Å². The first kappa shape index (κ1) is 12.6. The quantitative estimate of drug-likeness (QED) is 0.801. The van der Waals surface area contributed by atoms with Gasteiger partial charge in [0.25, 0.3) is 0 Å². The van der Waals surface area contributed by atoms with Crippen LogP contribution >= 0.6 is 0 Å². The van der Waals surface area contributed by atoms with Gasteiger partial charge < -0.3 is 10.2 Å². The highest BCUT2D eigenvalue weighted by atomic mass is 16.2. The molecule has 2 amide bonds. The maximum absolute atomic E-state index is 11.9. The second-order valence-corrected chi connectivity index (χ2v) is 4.61. The Hall–Kier alpha value is -1.85. The van der Waals surface area contributed by atoms with Crippen molar-refractivity contribution in [2.75, 3.05) is 13.1 Å². The highest BCUT2D eigenvalue weighted by molar-refractivity contribution is 5.87. The fraction of sp³-hybridized carbons (Fsp3) is 0.583. The number of amides is 2. The third-order valence-electron chi connectivity index (χ3n) is 3.30. The zero-order valence-corrected chi connectivity index (χ0v) is 10.7. The molecule has 1 aromatic heterocycles. The number of carbonyl (C=O) groups excluding carboxylic acids is 2. The summed E-state index contributed by atoms with van der Waals surface area (Å²) in [7, 11) is 1.88. The van der Waals surface area contributed by atoms with Crippen molar-refractivity contribution in [3.63, 3.8) is 0 Å². The molecule has 1 aliphatic rings. The molecule has 1 unspecified atom stereocenters. The van der Waals surface area contributed by atoms with Crippen LogP contribution < -0.4 is 5.32 Å². The normalized spacial score (nSPS) is 20.8. The number of nitrogens with one attached hydrogen (secondary N) is 1. The Labute approximate surface area is 106 Å². The molecule has 6 heteroatoms. The van der Waals surface area contributed by atoms with Crippen molar-refractivity contribution < 1.29 is 9.59 Å². The van der Waals surface area contributed by atoms with E-state index in [-0.39, 0.29) is 24.4 Å². The Bertz CT molecular complexity index is 455. The van der Waals surface area contributed by atoms with Crippen LogP contribution in [0.15, 0.2) is 12.3 Å². The van der Waals surface area contributed by atoms with Crippen LogP contribution in [0.2, 0.25) is 0 Å². The van der Waals surface area contributed by atoms with E-state index in [1.165, 1.54) is 0 Å². The maximum Gasteiger partial charge on any atom is 0.242 e. The van der Waals surface area contributed by atoms with E-state index < -0.39 is 0 Å². The lowest BCUT2D eigenvalue weighted by molar-refractivity contribution is -0.131.